The second-order valence-electron chi connectivity index (χ2n) is 7.99. The van der Waals surface area contributed by atoms with Crippen molar-refractivity contribution >= 4 is 16.9 Å². The predicted octanol–water partition coefficient (Wildman–Crippen LogP) is 4.79. The van der Waals surface area contributed by atoms with Gasteiger partial charge in [-0.3, -0.25) is 9.78 Å². The fourth-order valence-electron chi connectivity index (χ4n) is 3.68. The number of aryl methyl sites for hydroxylation is 3. The van der Waals surface area contributed by atoms with Gasteiger partial charge in [0.15, 0.2) is 0 Å². The summed E-state index contributed by atoms with van der Waals surface area (Å²) < 4.78 is 8.14. The van der Waals surface area contributed by atoms with E-state index in [4.69, 9.17) is 9.72 Å². The van der Waals surface area contributed by atoms with Gasteiger partial charge >= 0.3 is 0 Å². The number of imidazole rings is 1. The number of benzene rings is 2. The molecule has 0 bridgehead atoms. The maximum Gasteiger partial charge on any atom is 0.272 e. The number of amides is 1. The maximum absolute atomic E-state index is 12.8. The molecule has 0 atom stereocenters. The maximum atomic E-state index is 12.8. The fourth-order valence-corrected chi connectivity index (χ4v) is 3.68. The zero-order valence-electron chi connectivity index (χ0n) is 18.8. The van der Waals surface area contributed by atoms with E-state index in [-0.39, 0.29) is 5.91 Å². The van der Waals surface area contributed by atoms with E-state index in [0.717, 1.165) is 35.6 Å². The molecule has 2 aromatic carbocycles. The van der Waals surface area contributed by atoms with Gasteiger partial charge in [-0.1, -0.05) is 24.3 Å². The molecule has 0 saturated carbocycles. The summed E-state index contributed by atoms with van der Waals surface area (Å²) in [5, 5.41) is 0. The number of carbonyl (C=O) groups is 1. The molecule has 6 nitrogen and oxygen atoms in total. The highest BCUT2D eigenvalue weighted by Gasteiger charge is 2.17. The Labute approximate surface area is 188 Å². The Morgan fingerprint density at radius 1 is 1.03 bits per heavy atom. The third kappa shape index (κ3) is 4.80. The highest BCUT2D eigenvalue weighted by Crippen LogP contribution is 2.19. The quantitative estimate of drug-likeness (QED) is 0.379. The monoisotopic (exact) mass is 428 g/mol. The lowest BCUT2D eigenvalue weighted by Crippen LogP contribution is -2.28. The van der Waals surface area contributed by atoms with Crippen molar-refractivity contribution in [3.8, 4) is 5.75 Å². The summed E-state index contributed by atoms with van der Waals surface area (Å²) in [5.41, 5.74) is 4.91. The molecular formula is C26H28N4O2. The van der Waals surface area contributed by atoms with Gasteiger partial charge in [0.05, 0.1) is 24.2 Å². The minimum Gasteiger partial charge on any atom is -0.494 e. The normalized spacial score (nSPS) is 11.0. The first-order chi connectivity index (χ1) is 15.5. The van der Waals surface area contributed by atoms with E-state index in [1.807, 2.05) is 30.3 Å². The average molecular weight is 429 g/mol. The molecule has 0 aliphatic carbocycles. The Balaban J connectivity index is 1.46. The summed E-state index contributed by atoms with van der Waals surface area (Å²) >= 11 is 0. The molecule has 0 unspecified atom stereocenters. The van der Waals surface area contributed by atoms with Crippen molar-refractivity contribution < 1.29 is 9.53 Å². The van der Waals surface area contributed by atoms with Crippen LogP contribution in [0.5, 0.6) is 5.75 Å². The Bertz CT molecular complexity index is 1220. The molecule has 1 amide bonds. The number of hydrogen-bond acceptors (Lipinski definition) is 4. The highest BCUT2D eigenvalue weighted by atomic mass is 16.5. The van der Waals surface area contributed by atoms with E-state index in [2.05, 4.69) is 41.6 Å². The molecular weight excluding hydrogens is 400 g/mol. The van der Waals surface area contributed by atoms with Crippen molar-refractivity contribution in [2.75, 3.05) is 13.7 Å². The van der Waals surface area contributed by atoms with Gasteiger partial charge in [-0.25, -0.2) is 4.98 Å². The van der Waals surface area contributed by atoms with E-state index in [9.17, 15) is 4.79 Å². The van der Waals surface area contributed by atoms with Crippen LogP contribution >= 0.6 is 0 Å². The number of ether oxygens (including phenoxy) is 1. The van der Waals surface area contributed by atoms with E-state index in [1.54, 1.807) is 30.3 Å². The summed E-state index contributed by atoms with van der Waals surface area (Å²) in [4.78, 5) is 23.4. The van der Waals surface area contributed by atoms with Crippen LogP contribution in [0.3, 0.4) is 0 Å². The number of aromatic nitrogens is 3. The molecule has 4 aromatic rings. The van der Waals surface area contributed by atoms with Gasteiger partial charge in [0.25, 0.3) is 5.91 Å². The second kappa shape index (κ2) is 9.64. The van der Waals surface area contributed by atoms with Crippen molar-refractivity contribution in [2.24, 2.45) is 0 Å². The van der Waals surface area contributed by atoms with Gasteiger partial charge in [-0.05, 0) is 67.8 Å². The van der Waals surface area contributed by atoms with Crippen LogP contribution < -0.4 is 4.74 Å². The topological polar surface area (TPSA) is 60.2 Å². The summed E-state index contributed by atoms with van der Waals surface area (Å²) in [6.07, 6.45) is 2.46. The first-order valence-electron chi connectivity index (χ1n) is 10.8. The van der Waals surface area contributed by atoms with Crippen LogP contribution in [0.2, 0.25) is 0 Å². The summed E-state index contributed by atoms with van der Waals surface area (Å²) in [5.74, 6) is 1.62. The SMILES string of the molecule is Cc1ccc(OCCCn2c(CN(C)C(=O)c3ccccn3)nc3ccccc32)cc1C. The van der Waals surface area contributed by atoms with Crippen LogP contribution in [-0.2, 0) is 13.1 Å². The van der Waals surface area contributed by atoms with E-state index in [0.29, 0.717) is 18.8 Å². The largest absolute Gasteiger partial charge is 0.494 e. The first-order valence-corrected chi connectivity index (χ1v) is 10.8. The Morgan fingerprint density at radius 2 is 1.84 bits per heavy atom. The van der Waals surface area contributed by atoms with E-state index < -0.39 is 0 Å². The van der Waals surface area contributed by atoms with Crippen LogP contribution in [0, 0.1) is 13.8 Å². The molecule has 0 N–H and O–H groups in total. The Morgan fingerprint density at radius 3 is 2.62 bits per heavy atom. The number of carbonyl (C=O) groups excluding carboxylic acids is 1. The van der Waals surface area contributed by atoms with Crippen molar-refractivity contribution in [1.29, 1.82) is 0 Å². The second-order valence-corrected chi connectivity index (χ2v) is 7.99. The standard InChI is InChI=1S/C26H28N4O2/c1-19-12-13-21(17-20(19)2)32-16-8-15-30-24-11-5-4-9-22(24)28-25(30)18-29(3)26(31)23-10-6-7-14-27-23/h4-7,9-14,17H,8,15-16,18H2,1-3H3. The molecule has 0 spiro atoms. The lowest BCUT2D eigenvalue weighted by molar-refractivity contribution is 0.0774. The van der Waals surface area contributed by atoms with E-state index >= 15 is 0 Å². The number of hydrogen-bond donors (Lipinski definition) is 0. The lowest BCUT2D eigenvalue weighted by Gasteiger charge is -2.18. The van der Waals surface area contributed by atoms with Gasteiger partial charge in [-0.2, -0.15) is 0 Å². The van der Waals surface area contributed by atoms with Crippen molar-refractivity contribution in [2.45, 2.75) is 33.4 Å². The number of fused-ring (bicyclic) bond motifs is 1. The minimum atomic E-state index is -0.123. The molecule has 164 valence electrons. The van der Waals surface area contributed by atoms with Gasteiger partial charge in [0, 0.05) is 19.8 Å². The third-order valence-corrected chi connectivity index (χ3v) is 5.62. The zero-order chi connectivity index (χ0) is 22.5. The van der Waals surface area contributed by atoms with Crippen molar-refractivity contribution in [1.82, 2.24) is 19.4 Å². The molecule has 4 rings (SSSR count). The van der Waals surface area contributed by atoms with Gasteiger partial charge < -0.3 is 14.2 Å². The number of para-hydroxylation sites is 2. The summed E-state index contributed by atoms with van der Waals surface area (Å²) in [6, 6.07) is 19.6. The molecule has 2 aromatic heterocycles. The smallest absolute Gasteiger partial charge is 0.272 e. The molecule has 0 radical (unpaired) electrons. The van der Waals surface area contributed by atoms with Crippen LogP contribution in [0.4, 0.5) is 0 Å². The molecule has 32 heavy (non-hydrogen) atoms. The molecule has 0 aliphatic rings. The average Bonchev–Trinajstić information content (AvgIpc) is 3.16. The molecule has 0 aliphatic heterocycles. The molecule has 0 saturated heterocycles. The number of nitrogens with zero attached hydrogens (tertiary/aromatic N) is 4. The summed E-state index contributed by atoms with van der Waals surface area (Å²) in [7, 11) is 1.78. The zero-order valence-corrected chi connectivity index (χ0v) is 18.8. The number of rotatable bonds is 8. The van der Waals surface area contributed by atoms with Crippen LogP contribution in [0.15, 0.2) is 66.9 Å². The predicted molar refractivity (Wildman–Crippen MR) is 126 cm³/mol. The molecule has 2 heterocycles. The van der Waals surface area contributed by atoms with Crippen LogP contribution in [0.1, 0.15) is 33.9 Å². The summed E-state index contributed by atoms with van der Waals surface area (Å²) in [6.45, 7) is 5.96. The van der Waals surface area contributed by atoms with Crippen LogP contribution in [-0.4, -0.2) is 39.0 Å². The van der Waals surface area contributed by atoms with E-state index in [1.165, 1.54) is 11.1 Å². The Kier molecular flexibility index (Phi) is 6.50. The Hall–Kier alpha value is -3.67. The highest BCUT2D eigenvalue weighted by molar-refractivity contribution is 5.92. The van der Waals surface area contributed by atoms with Gasteiger partial charge in [0.1, 0.15) is 17.3 Å². The number of pyridine rings is 1. The van der Waals surface area contributed by atoms with Crippen molar-refractivity contribution in [3.05, 3.63) is 89.5 Å². The fraction of sp³-hybridized carbons (Fsp3) is 0.269. The minimum absolute atomic E-state index is 0.123. The lowest BCUT2D eigenvalue weighted by atomic mass is 10.1. The van der Waals surface area contributed by atoms with Gasteiger partial charge in [-0.15, -0.1) is 0 Å². The molecule has 6 heteroatoms. The first kappa shape index (κ1) is 21.6. The third-order valence-electron chi connectivity index (χ3n) is 5.62. The van der Waals surface area contributed by atoms with Crippen molar-refractivity contribution in [3.63, 3.8) is 0 Å². The van der Waals surface area contributed by atoms with Crippen LogP contribution in [0.25, 0.3) is 11.0 Å². The molecule has 0 fully saturated rings. The van der Waals surface area contributed by atoms with Gasteiger partial charge in [0.2, 0.25) is 0 Å².